The topological polar surface area (TPSA) is 42.9 Å². The SMILES string of the molecule is O=c1nc(-c2cccc(-c3ccccc3)n2)sc2ccccc12. The van der Waals surface area contributed by atoms with Crippen molar-refractivity contribution in [1.29, 1.82) is 0 Å². The molecule has 2 aromatic heterocycles. The van der Waals surface area contributed by atoms with Crippen molar-refractivity contribution < 1.29 is 0 Å². The maximum Gasteiger partial charge on any atom is 0.279 e. The smallest absolute Gasteiger partial charge is 0.267 e. The van der Waals surface area contributed by atoms with E-state index < -0.39 is 0 Å². The van der Waals surface area contributed by atoms with E-state index in [2.05, 4.69) is 9.97 Å². The number of hydrogen-bond donors (Lipinski definition) is 0. The van der Waals surface area contributed by atoms with E-state index in [4.69, 9.17) is 0 Å². The highest BCUT2D eigenvalue weighted by molar-refractivity contribution is 7.21. The van der Waals surface area contributed by atoms with Crippen molar-refractivity contribution in [3.63, 3.8) is 0 Å². The lowest BCUT2D eigenvalue weighted by atomic mass is 10.1. The second kappa shape index (κ2) is 5.74. The first-order chi connectivity index (χ1) is 11.3. The summed E-state index contributed by atoms with van der Waals surface area (Å²) in [6.45, 7) is 0. The fourth-order valence-electron chi connectivity index (χ4n) is 2.44. The lowest BCUT2D eigenvalue weighted by Crippen LogP contribution is -2.06. The molecule has 3 nitrogen and oxygen atoms in total. The highest BCUT2D eigenvalue weighted by atomic mass is 32.1. The summed E-state index contributed by atoms with van der Waals surface area (Å²) in [5, 5.41) is 1.30. The van der Waals surface area contributed by atoms with Crippen molar-refractivity contribution in [2.24, 2.45) is 0 Å². The normalized spacial score (nSPS) is 10.8. The average molecular weight is 316 g/mol. The van der Waals surface area contributed by atoms with Crippen molar-refractivity contribution in [1.82, 2.24) is 9.97 Å². The standard InChI is InChI=1S/C19H12N2OS/c22-18-14-9-4-5-12-17(14)23-19(21-18)16-11-6-10-15(20-16)13-7-2-1-3-8-13/h1-12H. The Morgan fingerprint density at radius 1 is 0.696 bits per heavy atom. The number of pyridine rings is 1. The second-order valence-corrected chi connectivity index (χ2v) is 6.13. The van der Waals surface area contributed by atoms with Gasteiger partial charge in [0.25, 0.3) is 5.56 Å². The summed E-state index contributed by atoms with van der Waals surface area (Å²) >= 11 is 1.48. The molecular formula is C19H12N2OS. The van der Waals surface area contributed by atoms with E-state index in [0.29, 0.717) is 10.4 Å². The van der Waals surface area contributed by atoms with Gasteiger partial charge in [0.05, 0.1) is 16.8 Å². The van der Waals surface area contributed by atoms with Crippen LogP contribution in [0.1, 0.15) is 0 Å². The molecule has 0 aliphatic heterocycles. The zero-order chi connectivity index (χ0) is 15.6. The van der Waals surface area contributed by atoms with Crippen molar-refractivity contribution >= 4 is 21.4 Å². The molecule has 0 fully saturated rings. The Morgan fingerprint density at radius 2 is 1.43 bits per heavy atom. The van der Waals surface area contributed by atoms with Gasteiger partial charge in [-0.25, -0.2) is 4.98 Å². The lowest BCUT2D eigenvalue weighted by Gasteiger charge is -2.04. The third kappa shape index (κ3) is 2.64. The van der Waals surface area contributed by atoms with E-state index in [1.807, 2.05) is 66.7 Å². The van der Waals surface area contributed by atoms with Gasteiger partial charge in [0.1, 0.15) is 5.01 Å². The van der Waals surface area contributed by atoms with Gasteiger partial charge in [-0.3, -0.25) is 4.79 Å². The Balaban J connectivity index is 1.87. The van der Waals surface area contributed by atoms with Gasteiger partial charge >= 0.3 is 0 Å². The Bertz CT molecular complexity index is 1040. The van der Waals surface area contributed by atoms with Crippen LogP contribution in [-0.4, -0.2) is 9.97 Å². The van der Waals surface area contributed by atoms with Crippen molar-refractivity contribution in [2.75, 3.05) is 0 Å². The van der Waals surface area contributed by atoms with E-state index in [9.17, 15) is 4.79 Å². The third-order valence-corrected chi connectivity index (χ3v) is 4.63. The number of nitrogens with zero attached hydrogens (tertiary/aromatic N) is 2. The van der Waals surface area contributed by atoms with Crippen molar-refractivity contribution in [3.05, 3.63) is 83.2 Å². The van der Waals surface area contributed by atoms with E-state index in [1.54, 1.807) is 6.07 Å². The minimum atomic E-state index is -0.207. The number of aromatic nitrogens is 2. The van der Waals surface area contributed by atoms with Gasteiger partial charge in [-0.1, -0.05) is 48.5 Å². The largest absolute Gasteiger partial charge is 0.279 e. The van der Waals surface area contributed by atoms with Crippen LogP contribution >= 0.6 is 11.3 Å². The number of hydrogen-bond acceptors (Lipinski definition) is 4. The molecule has 2 aromatic carbocycles. The van der Waals surface area contributed by atoms with Crippen LogP contribution in [0.25, 0.3) is 32.0 Å². The number of fused-ring (bicyclic) bond motifs is 1. The van der Waals surface area contributed by atoms with Crippen LogP contribution in [0, 0.1) is 0 Å². The summed E-state index contributed by atoms with van der Waals surface area (Å²) in [5.74, 6) is 0. The molecule has 4 heteroatoms. The first kappa shape index (κ1) is 13.8. The van der Waals surface area contributed by atoms with E-state index in [-0.39, 0.29) is 5.56 Å². The molecular weight excluding hydrogens is 304 g/mol. The van der Waals surface area contributed by atoms with E-state index >= 15 is 0 Å². The first-order valence-electron chi connectivity index (χ1n) is 7.24. The van der Waals surface area contributed by atoms with E-state index in [0.717, 1.165) is 21.7 Å². The molecule has 0 bridgehead atoms. The van der Waals surface area contributed by atoms with Crippen LogP contribution in [0.4, 0.5) is 0 Å². The Labute approximate surface area is 136 Å². The van der Waals surface area contributed by atoms with Gasteiger partial charge in [-0.15, -0.1) is 11.3 Å². The minimum absolute atomic E-state index is 0.207. The van der Waals surface area contributed by atoms with Gasteiger partial charge in [0.2, 0.25) is 0 Å². The molecule has 0 atom stereocenters. The predicted octanol–water partition coefficient (Wildman–Crippen LogP) is 4.39. The van der Waals surface area contributed by atoms with Crippen LogP contribution in [0.2, 0.25) is 0 Å². The quantitative estimate of drug-likeness (QED) is 0.551. The van der Waals surface area contributed by atoms with Crippen molar-refractivity contribution in [2.45, 2.75) is 0 Å². The van der Waals surface area contributed by atoms with Gasteiger partial charge in [-0.2, -0.15) is 4.98 Å². The molecule has 4 rings (SSSR count). The summed E-state index contributed by atoms with van der Waals surface area (Å²) in [4.78, 5) is 21.1. The molecule has 0 saturated carbocycles. The average Bonchev–Trinajstić information content (AvgIpc) is 2.62. The molecule has 0 radical (unpaired) electrons. The monoisotopic (exact) mass is 316 g/mol. The number of rotatable bonds is 2. The molecule has 23 heavy (non-hydrogen) atoms. The maximum absolute atomic E-state index is 12.2. The molecule has 0 unspecified atom stereocenters. The summed E-state index contributed by atoms with van der Waals surface area (Å²) in [6, 6.07) is 23.3. The molecule has 0 aliphatic carbocycles. The van der Waals surface area contributed by atoms with Crippen molar-refractivity contribution in [3.8, 4) is 22.0 Å². The zero-order valence-electron chi connectivity index (χ0n) is 12.1. The molecule has 110 valence electrons. The Kier molecular flexibility index (Phi) is 3.44. The predicted molar refractivity (Wildman–Crippen MR) is 94.6 cm³/mol. The van der Waals surface area contributed by atoms with Crippen LogP contribution in [-0.2, 0) is 0 Å². The molecule has 2 heterocycles. The third-order valence-electron chi connectivity index (χ3n) is 3.56. The molecule has 0 saturated heterocycles. The molecule has 0 N–H and O–H groups in total. The van der Waals surface area contributed by atoms with Gasteiger partial charge < -0.3 is 0 Å². The lowest BCUT2D eigenvalue weighted by molar-refractivity contribution is 1.25. The highest BCUT2D eigenvalue weighted by Crippen LogP contribution is 2.26. The fourth-order valence-corrected chi connectivity index (χ4v) is 3.41. The minimum Gasteiger partial charge on any atom is -0.267 e. The van der Waals surface area contributed by atoms with Crippen LogP contribution in [0.15, 0.2) is 77.6 Å². The summed E-state index contributed by atoms with van der Waals surface area (Å²) in [5.41, 5.74) is 2.43. The summed E-state index contributed by atoms with van der Waals surface area (Å²) < 4.78 is 0.925. The molecule has 0 spiro atoms. The zero-order valence-corrected chi connectivity index (χ0v) is 13.0. The Morgan fingerprint density at radius 3 is 2.30 bits per heavy atom. The summed E-state index contributed by atoms with van der Waals surface area (Å²) in [6.07, 6.45) is 0. The van der Waals surface area contributed by atoms with Crippen LogP contribution in [0.5, 0.6) is 0 Å². The van der Waals surface area contributed by atoms with Crippen LogP contribution in [0.3, 0.4) is 0 Å². The molecule has 4 aromatic rings. The molecule has 0 aliphatic rings. The van der Waals surface area contributed by atoms with Gasteiger partial charge in [-0.05, 0) is 24.3 Å². The van der Waals surface area contributed by atoms with Gasteiger partial charge in [0, 0.05) is 10.3 Å². The highest BCUT2D eigenvalue weighted by Gasteiger charge is 2.08. The summed E-state index contributed by atoms with van der Waals surface area (Å²) in [7, 11) is 0. The fraction of sp³-hybridized carbons (Fsp3) is 0. The number of benzene rings is 2. The second-order valence-electron chi connectivity index (χ2n) is 5.09. The van der Waals surface area contributed by atoms with Gasteiger partial charge in [0.15, 0.2) is 0 Å². The maximum atomic E-state index is 12.2. The van der Waals surface area contributed by atoms with E-state index in [1.165, 1.54) is 11.3 Å². The first-order valence-corrected chi connectivity index (χ1v) is 8.06. The Hall–Kier alpha value is -2.85. The molecule has 0 amide bonds. The van der Waals surface area contributed by atoms with Crippen LogP contribution < -0.4 is 5.56 Å².